The molecule has 3 rings (SSSR count). The largest absolute Gasteiger partial charge is 0.251 e. The number of hydrogen-bond donors (Lipinski definition) is 0. The van der Waals surface area contributed by atoms with Gasteiger partial charge in [0, 0.05) is 0 Å². The maximum Gasteiger partial charge on any atom is 0.134 e. The van der Waals surface area contributed by atoms with Crippen LogP contribution in [0.4, 0.5) is 13.2 Å². The molecular weight excluding hydrogens is 333 g/mol. The molecule has 0 heterocycles. The van der Waals surface area contributed by atoms with Crippen LogP contribution in [0.2, 0.25) is 0 Å². The molecule has 0 fully saturated rings. The highest BCUT2D eigenvalue weighted by atomic mass is 19.1. The molecule has 0 N–H and O–H groups in total. The van der Waals surface area contributed by atoms with Gasteiger partial charge in [-0.1, -0.05) is 61.0 Å². The van der Waals surface area contributed by atoms with Gasteiger partial charge >= 0.3 is 0 Å². The quantitative estimate of drug-likeness (QED) is 0.401. The second-order valence-corrected chi connectivity index (χ2v) is 6.38. The van der Waals surface area contributed by atoms with Crippen molar-refractivity contribution < 1.29 is 13.2 Å². The van der Waals surface area contributed by atoms with Crippen molar-refractivity contribution in [2.75, 3.05) is 6.67 Å². The molecule has 0 unspecified atom stereocenters. The average Bonchev–Trinajstić information content (AvgIpc) is 2.66. The van der Waals surface area contributed by atoms with Gasteiger partial charge in [-0.2, -0.15) is 0 Å². The van der Waals surface area contributed by atoms with E-state index in [1.807, 2.05) is 30.3 Å². The number of aryl methyl sites for hydroxylation is 1. The molecule has 0 atom stereocenters. The van der Waals surface area contributed by atoms with Crippen LogP contribution in [0.3, 0.4) is 0 Å². The smallest absolute Gasteiger partial charge is 0.134 e. The van der Waals surface area contributed by atoms with Crippen molar-refractivity contribution in [2.45, 2.75) is 25.7 Å². The Balaban J connectivity index is 1.80. The standard InChI is InChI=1S/C23H21F3/c24-14-6-2-3-7-17-10-12-18(13-11-17)20-15-21(25)23(22(26)16-20)19-8-4-1-5-9-19/h1,4-5,8-13,15-16H,2-3,6-7,14H2. The van der Waals surface area contributed by atoms with Crippen LogP contribution in [-0.2, 0) is 6.42 Å². The molecule has 3 aromatic rings. The molecular formula is C23H21F3. The zero-order valence-electron chi connectivity index (χ0n) is 14.5. The lowest BCUT2D eigenvalue weighted by Gasteiger charge is -2.09. The summed E-state index contributed by atoms with van der Waals surface area (Å²) >= 11 is 0. The first-order chi connectivity index (χ1) is 12.7. The molecule has 3 aromatic carbocycles. The fourth-order valence-electron chi connectivity index (χ4n) is 3.08. The van der Waals surface area contributed by atoms with Crippen LogP contribution in [0.1, 0.15) is 24.8 Å². The second-order valence-electron chi connectivity index (χ2n) is 6.38. The molecule has 26 heavy (non-hydrogen) atoms. The average molecular weight is 354 g/mol. The van der Waals surface area contributed by atoms with Gasteiger partial charge in [0.2, 0.25) is 0 Å². The highest BCUT2D eigenvalue weighted by Crippen LogP contribution is 2.31. The molecule has 0 aromatic heterocycles. The minimum Gasteiger partial charge on any atom is -0.251 e. The Bertz CT molecular complexity index is 816. The fourth-order valence-corrected chi connectivity index (χ4v) is 3.08. The van der Waals surface area contributed by atoms with Crippen molar-refractivity contribution >= 4 is 0 Å². The van der Waals surface area contributed by atoms with Gasteiger partial charge in [0.05, 0.1) is 12.2 Å². The van der Waals surface area contributed by atoms with E-state index >= 15 is 0 Å². The van der Waals surface area contributed by atoms with Crippen molar-refractivity contribution in [3.8, 4) is 22.3 Å². The van der Waals surface area contributed by atoms with Gasteiger partial charge in [0.15, 0.2) is 0 Å². The molecule has 0 radical (unpaired) electrons. The first-order valence-electron chi connectivity index (χ1n) is 8.89. The van der Waals surface area contributed by atoms with Crippen molar-refractivity contribution in [3.63, 3.8) is 0 Å². The summed E-state index contributed by atoms with van der Waals surface area (Å²) in [5.41, 5.74) is 2.96. The minimum atomic E-state index is -0.568. The van der Waals surface area contributed by atoms with E-state index in [9.17, 15) is 13.2 Å². The minimum absolute atomic E-state index is 0.00108. The van der Waals surface area contributed by atoms with Crippen molar-refractivity contribution in [3.05, 3.63) is 83.9 Å². The van der Waals surface area contributed by atoms with Crippen LogP contribution in [0.15, 0.2) is 66.7 Å². The van der Waals surface area contributed by atoms with Crippen LogP contribution >= 0.6 is 0 Å². The predicted octanol–water partition coefficient (Wildman–Crippen LogP) is 6.98. The summed E-state index contributed by atoms with van der Waals surface area (Å²) in [4.78, 5) is 0. The van der Waals surface area contributed by atoms with Crippen molar-refractivity contribution in [2.24, 2.45) is 0 Å². The fraction of sp³-hybridized carbons (Fsp3) is 0.217. The van der Waals surface area contributed by atoms with Gasteiger partial charge in [-0.15, -0.1) is 0 Å². The first kappa shape index (κ1) is 18.2. The lowest BCUT2D eigenvalue weighted by Crippen LogP contribution is -1.93. The van der Waals surface area contributed by atoms with Gasteiger partial charge in [-0.05, 0) is 53.6 Å². The summed E-state index contributed by atoms with van der Waals surface area (Å²) in [6.45, 7) is -0.269. The lowest BCUT2D eigenvalue weighted by molar-refractivity contribution is 0.456. The number of rotatable bonds is 7. The molecule has 0 bridgehead atoms. The Morgan fingerprint density at radius 2 is 1.27 bits per heavy atom. The van der Waals surface area contributed by atoms with Crippen molar-refractivity contribution in [1.29, 1.82) is 0 Å². The van der Waals surface area contributed by atoms with E-state index in [2.05, 4.69) is 0 Å². The van der Waals surface area contributed by atoms with E-state index < -0.39 is 11.6 Å². The predicted molar refractivity (Wildman–Crippen MR) is 101 cm³/mol. The molecule has 0 nitrogen and oxygen atoms in total. The number of halogens is 3. The summed E-state index contributed by atoms with van der Waals surface area (Å²) in [5, 5.41) is 0. The second kappa shape index (κ2) is 8.70. The first-order valence-corrected chi connectivity index (χ1v) is 8.89. The SMILES string of the molecule is FCCCCCc1ccc(-c2cc(F)c(-c3ccccc3)c(F)c2)cc1. The molecule has 0 saturated carbocycles. The zero-order valence-corrected chi connectivity index (χ0v) is 14.5. The van der Waals surface area contributed by atoms with E-state index in [0.717, 1.165) is 30.4 Å². The third kappa shape index (κ3) is 4.34. The highest BCUT2D eigenvalue weighted by Gasteiger charge is 2.14. The monoisotopic (exact) mass is 354 g/mol. The molecule has 3 heteroatoms. The Morgan fingerprint density at radius 1 is 0.615 bits per heavy atom. The summed E-state index contributed by atoms with van der Waals surface area (Å²) in [7, 11) is 0. The highest BCUT2D eigenvalue weighted by molar-refractivity contribution is 5.71. The lowest BCUT2D eigenvalue weighted by atomic mass is 9.97. The normalized spacial score (nSPS) is 10.9. The maximum absolute atomic E-state index is 14.5. The molecule has 134 valence electrons. The van der Waals surface area contributed by atoms with Crippen LogP contribution in [0.5, 0.6) is 0 Å². The number of benzene rings is 3. The van der Waals surface area contributed by atoms with Gasteiger partial charge in [-0.25, -0.2) is 8.78 Å². The summed E-state index contributed by atoms with van der Waals surface area (Å²) in [6, 6.07) is 19.1. The summed E-state index contributed by atoms with van der Waals surface area (Å²) < 4.78 is 41.2. The number of unbranched alkanes of at least 4 members (excludes halogenated alkanes) is 2. The zero-order chi connectivity index (χ0) is 18.4. The third-order valence-electron chi connectivity index (χ3n) is 4.49. The van der Waals surface area contributed by atoms with Gasteiger partial charge in [-0.3, -0.25) is 4.39 Å². The van der Waals surface area contributed by atoms with E-state index in [4.69, 9.17) is 0 Å². The molecule has 0 saturated heterocycles. The van der Waals surface area contributed by atoms with Crippen LogP contribution in [-0.4, -0.2) is 6.67 Å². The van der Waals surface area contributed by atoms with Gasteiger partial charge in [0.25, 0.3) is 0 Å². The molecule has 0 aliphatic carbocycles. The van der Waals surface area contributed by atoms with E-state index in [-0.39, 0.29) is 12.2 Å². The number of hydrogen-bond acceptors (Lipinski definition) is 0. The molecule has 0 spiro atoms. The molecule has 0 aliphatic rings. The van der Waals surface area contributed by atoms with E-state index in [1.165, 1.54) is 12.1 Å². The van der Waals surface area contributed by atoms with Crippen molar-refractivity contribution in [1.82, 2.24) is 0 Å². The Morgan fingerprint density at radius 3 is 1.88 bits per heavy atom. The third-order valence-corrected chi connectivity index (χ3v) is 4.49. The Hall–Kier alpha value is -2.55. The van der Waals surface area contributed by atoms with Crippen LogP contribution in [0.25, 0.3) is 22.3 Å². The van der Waals surface area contributed by atoms with Gasteiger partial charge in [0.1, 0.15) is 11.6 Å². The molecule has 0 amide bonds. The summed E-state index contributed by atoms with van der Waals surface area (Å²) in [5.74, 6) is -1.14. The van der Waals surface area contributed by atoms with E-state index in [0.29, 0.717) is 17.5 Å². The Kier molecular flexibility index (Phi) is 6.11. The number of alkyl halides is 1. The molecule has 0 aliphatic heterocycles. The maximum atomic E-state index is 14.5. The van der Waals surface area contributed by atoms with Crippen LogP contribution in [0, 0.1) is 11.6 Å². The van der Waals surface area contributed by atoms with Crippen LogP contribution < -0.4 is 0 Å². The topological polar surface area (TPSA) is 0 Å². The Labute approximate surface area is 152 Å². The summed E-state index contributed by atoms with van der Waals surface area (Å²) in [6.07, 6.45) is 3.30. The van der Waals surface area contributed by atoms with E-state index in [1.54, 1.807) is 24.3 Å². The van der Waals surface area contributed by atoms with Gasteiger partial charge < -0.3 is 0 Å².